The molecular formula is C16H25NO2. The Labute approximate surface area is 115 Å². The van der Waals surface area contributed by atoms with Crippen LogP contribution in [0.3, 0.4) is 0 Å². The minimum atomic E-state index is -0.351. The van der Waals surface area contributed by atoms with E-state index in [2.05, 4.69) is 11.8 Å². The summed E-state index contributed by atoms with van der Waals surface area (Å²) >= 11 is 0. The summed E-state index contributed by atoms with van der Waals surface area (Å²) in [5.41, 5.74) is 2.24. The Morgan fingerprint density at radius 1 is 1.21 bits per heavy atom. The van der Waals surface area contributed by atoms with E-state index in [1.807, 2.05) is 24.3 Å². The van der Waals surface area contributed by atoms with Gasteiger partial charge >= 0.3 is 0 Å². The first kappa shape index (κ1) is 14.5. The number of benzene rings is 1. The van der Waals surface area contributed by atoms with E-state index >= 15 is 0 Å². The molecule has 19 heavy (non-hydrogen) atoms. The predicted octanol–water partition coefficient (Wildman–Crippen LogP) is 2.27. The number of aliphatic hydroxyl groups excluding tert-OH is 2. The molecule has 0 spiro atoms. The third kappa shape index (κ3) is 4.60. The average molecular weight is 263 g/mol. The SMILES string of the molecule is Cc1ccc(C(O)CCCN2CCC(O)CC2)cc1. The molecule has 1 aromatic rings. The number of aryl methyl sites for hydroxylation is 1. The van der Waals surface area contributed by atoms with E-state index in [1.54, 1.807) is 0 Å². The number of rotatable bonds is 5. The van der Waals surface area contributed by atoms with Gasteiger partial charge in [0.05, 0.1) is 12.2 Å². The average Bonchev–Trinajstić information content (AvgIpc) is 2.41. The second kappa shape index (κ2) is 7.04. The number of aliphatic hydroxyl groups is 2. The van der Waals surface area contributed by atoms with Gasteiger partial charge < -0.3 is 15.1 Å². The highest BCUT2D eigenvalue weighted by atomic mass is 16.3. The maximum Gasteiger partial charge on any atom is 0.0790 e. The highest BCUT2D eigenvalue weighted by Crippen LogP contribution is 2.19. The molecule has 2 N–H and O–H groups in total. The Hall–Kier alpha value is -0.900. The molecule has 0 aliphatic carbocycles. The summed E-state index contributed by atoms with van der Waals surface area (Å²) in [4.78, 5) is 2.38. The molecule has 1 aliphatic rings. The molecule has 0 radical (unpaired) electrons. The molecule has 1 atom stereocenters. The van der Waals surface area contributed by atoms with E-state index in [-0.39, 0.29) is 12.2 Å². The smallest absolute Gasteiger partial charge is 0.0790 e. The van der Waals surface area contributed by atoms with Crippen molar-refractivity contribution in [1.82, 2.24) is 4.90 Å². The maximum absolute atomic E-state index is 10.1. The Morgan fingerprint density at radius 2 is 1.84 bits per heavy atom. The van der Waals surface area contributed by atoms with Crippen LogP contribution in [0.2, 0.25) is 0 Å². The van der Waals surface area contributed by atoms with Gasteiger partial charge in [0.2, 0.25) is 0 Å². The van der Waals surface area contributed by atoms with Crippen molar-refractivity contribution in [3.05, 3.63) is 35.4 Å². The molecule has 1 fully saturated rings. The predicted molar refractivity (Wildman–Crippen MR) is 77.1 cm³/mol. The van der Waals surface area contributed by atoms with E-state index in [1.165, 1.54) is 5.56 Å². The van der Waals surface area contributed by atoms with Crippen LogP contribution >= 0.6 is 0 Å². The highest BCUT2D eigenvalue weighted by molar-refractivity contribution is 5.22. The number of hydrogen-bond acceptors (Lipinski definition) is 3. The molecule has 0 aromatic heterocycles. The first-order chi connectivity index (χ1) is 9.15. The van der Waals surface area contributed by atoms with Crippen LogP contribution in [-0.2, 0) is 0 Å². The number of piperidine rings is 1. The van der Waals surface area contributed by atoms with Crippen LogP contribution in [0.5, 0.6) is 0 Å². The van der Waals surface area contributed by atoms with Gasteiger partial charge in [-0.2, -0.15) is 0 Å². The summed E-state index contributed by atoms with van der Waals surface area (Å²) in [5, 5.41) is 19.6. The first-order valence-corrected chi connectivity index (χ1v) is 7.30. The molecule has 1 aliphatic heterocycles. The zero-order valence-electron chi connectivity index (χ0n) is 11.8. The molecule has 1 saturated heterocycles. The number of nitrogens with zero attached hydrogens (tertiary/aromatic N) is 1. The Morgan fingerprint density at radius 3 is 2.47 bits per heavy atom. The van der Waals surface area contributed by atoms with Crippen LogP contribution in [0.1, 0.15) is 42.9 Å². The topological polar surface area (TPSA) is 43.7 Å². The van der Waals surface area contributed by atoms with E-state index in [4.69, 9.17) is 0 Å². The largest absolute Gasteiger partial charge is 0.393 e. The van der Waals surface area contributed by atoms with Gasteiger partial charge in [0.1, 0.15) is 0 Å². The quantitative estimate of drug-likeness (QED) is 0.856. The minimum Gasteiger partial charge on any atom is -0.393 e. The van der Waals surface area contributed by atoms with Crippen LogP contribution in [0.4, 0.5) is 0 Å². The molecule has 1 aromatic carbocycles. The van der Waals surface area contributed by atoms with Crippen molar-refractivity contribution in [2.75, 3.05) is 19.6 Å². The van der Waals surface area contributed by atoms with Crippen molar-refractivity contribution in [2.45, 2.75) is 44.8 Å². The number of hydrogen-bond donors (Lipinski definition) is 2. The lowest BCUT2D eigenvalue weighted by Crippen LogP contribution is -2.36. The van der Waals surface area contributed by atoms with Gasteiger partial charge in [0.25, 0.3) is 0 Å². The van der Waals surface area contributed by atoms with Crippen molar-refractivity contribution >= 4 is 0 Å². The summed E-state index contributed by atoms with van der Waals surface area (Å²) in [6, 6.07) is 8.11. The van der Waals surface area contributed by atoms with Crippen molar-refractivity contribution in [3.63, 3.8) is 0 Å². The Bertz CT molecular complexity index is 369. The fourth-order valence-electron chi connectivity index (χ4n) is 2.61. The fraction of sp³-hybridized carbons (Fsp3) is 0.625. The van der Waals surface area contributed by atoms with E-state index < -0.39 is 0 Å². The molecule has 2 rings (SSSR count). The van der Waals surface area contributed by atoms with Gasteiger partial charge in [-0.3, -0.25) is 0 Å². The van der Waals surface area contributed by atoms with Gasteiger partial charge in [-0.25, -0.2) is 0 Å². The third-order valence-corrected chi connectivity index (χ3v) is 3.97. The zero-order chi connectivity index (χ0) is 13.7. The standard InChI is InChI=1S/C16H25NO2/c1-13-4-6-14(7-5-13)16(19)3-2-10-17-11-8-15(18)9-12-17/h4-7,15-16,18-19H,2-3,8-12H2,1H3. The van der Waals surface area contributed by atoms with Crippen molar-refractivity contribution < 1.29 is 10.2 Å². The zero-order valence-corrected chi connectivity index (χ0v) is 11.8. The molecular weight excluding hydrogens is 238 g/mol. The van der Waals surface area contributed by atoms with Crippen LogP contribution < -0.4 is 0 Å². The second-order valence-corrected chi connectivity index (χ2v) is 5.64. The fourth-order valence-corrected chi connectivity index (χ4v) is 2.61. The summed E-state index contributed by atoms with van der Waals surface area (Å²) in [6.07, 6.45) is 3.14. The van der Waals surface area contributed by atoms with Crippen LogP contribution in [0.15, 0.2) is 24.3 Å². The monoisotopic (exact) mass is 263 g/mol. The second-order valence-electron chi connectivity index (χ2n) is 5.64. The summed E-state index contributed by atoms with van der Waals surface area (Å²) in [7, 11) is 0. The van der Waals surface area contributed by atoms with Gasteiger partial charge in [0, 0.05) is 13.1 Å². The third-order valence-electron chi connectivity index (χ3n) is 3.97. The van der Waals surface area contributed by atoms with Crippen LogP contribution in [0, 0.1) is 6.92 Å². The molecule has 3 heteroatoms. The lowest BCUT2D eigenvalue weighted by Gasteiger charge is -2.29. The van der Waals surface area contributed by atoms with Gasteiger partial charge in [-0.1, -0.05) is 29.8 Å². The Kier molecular flexibility index (Phi) is 5.37. The molecule has 0 saturated carbocycles. The molecule has 0 bridgehead atoms. The van der Waals surface area contributed by atoms with Crippen molar-refractivity contribution in [1.29, 1.82) is 0 Å². The molecule has 106 valence electrons. The van der Waals surface area contributed by atoms with E-state index in [0.29, 0.717) is 0 Å². The first-order valence-electron chi connectivity index (χ1n) is 7.30. The lowest BCUT2D eigenvalue weighted by molar-refractivity contribution is 0.0783. The van der Waals surface area contributed by atoms with Crippen LogP contribution in [0.25, 0.3) is 0 Å². The van der Waals surface area contributed by atoms with Gasteiger partial charge in [-0.05, 0) is 44.7 Å². The normalized spacial score (nSPS) is 19.5. The number of likely N-dealkylation sites (tertiary alicyclic amines) is 1. The van der Waals surface area contributed by atoms with Gasteiger partial charge in [0.15, 0.2) is 0 Å². The van der Waals surface area contributed by atoms with Crippen LogP contribution in [-0.4, -0.2) is 40.9 Å². The van der Waals surface area contributed by atoms with E-state index in [0.717, 1.165) is 50.9 Å². The molecule has 1 heterocycles. The van der Waals surface area contributed by atoms with Gasteiger partial charge in [-0.15, -0.1) is 0 Å². The molecule has 1 unspecified atom stereocenters. The summed E-state index contributed by atoms with van der Waals surface area (Å²) < 4.78 is 0. The Balaban J connectivity index is 1.69. The highest BCUT2D eigenvalue weighted by Gasteiger charge is 2.16. The maximum atomic E-state index is 10.1. The summed E-state index contributed by atoms with van der Waals surface area (Å²) in [5.74, 6) is 0. The molecule has 3 nitrogen and oxygen atoms in total. The summed E-state index contributed by atoms with van der Waals surface area (Å²) in [6.45, 7) is 5.06. The van der Waals surface area contributed by atoms with Crippen molar-refractivity contribution in [3.8, 4) is 0 Å². The lowest BCUT2D eigenvalue weighted by atomic mass is 10.0. The van der Waals surface area contributed by atoms with E-state index in [9.17, 15) is 10.2 Å². The molecule has 0 amide bonds. The van der Waals surface area contributed by atoms with Crippen molar-refractivity contribution in [2.24, 2.45) is 0 Å². The minimum absolute atomic E-state index is 0.102.